The molecule has 0 saturated heterocycles. The molecule has 1 aliphatic heterocycles. The number of nitrogens with zero attached hydrogens (tertiary/aromatic N) is 2. The Bertz CT molecular complexity index is 1090. The first-order valence-corrected chi connectivity index (χ1v) is 9.47. The molecule has 0 bridgehead atoms. The number of fused-ring (bicyclic) bond motifs is 1. The summed E-state index contributed by atoms with van der Waals surface area (Å²) in [5.74, 6) is -0.582. The number of anilines is 1. The lowest BCUT2D eigenvalue weighted by atomic mass is 9.98. The van der Waals surface area contributed by atoms with Crippen molar-refractivity contribution in [3.8, 4) is 5.69 Å². The molecular formula is C22H21FN4O2. The topological polar surface area (TPSA) is 76.0 Å². The van der Waals surface area contributed by atoms with E-state index in [1.807, 2.05) is 32.0 Å². The molecule has 1 unspecified atom stereocenters. The first-order chi connectivity index (χ1) is 13.9. The average Bonchev–Trinajstić information content (AvgIpc) is 3.10. The van der Waals surface area contributed by atoms with E-state index in [4.69, 9.17) is 0 Å². The summed E-state index contributed by atoms with van der Waals surface area (Å²) in [7, 11) is 0. The zero-order valence-electron chi connectivity index (χ0n) is 16.2. The number of amides is 2. The van der Waals surface area contributed by atoms with E-state index < -0.39 is 0 Å². The van der Waals surface area contributed by atoms with E-state index in [9.17, 15) is 14.0 Å². The Balaban J connectivity index is 1.50. The van der Waals surface area contributed by atoms with Crippen LogP contribution >= 0.6 is 0 Å². The van der Waals surface area contributed by atoms with Gasteiger partial charge in [-0.1, -0.05) is 12.1 Å². The van der Waals surface area contributed by atoms with E-state index in [-0.39, 0.29) is 23.7 Å². The van der Waals surface area contributed by atoms with Crippen LogP contribution in [0.15, 0.2) is 48.5 Å². The number of aryl methyl sites for hydroxylation is 2. The van der Waals surface area contributed by atoms with Crippen LogP contribution in [0.2, 0.25) is 0 Å². The quantitative estimate of drug-likeness (QED) is 0.711. The Labute approximate surface area is 167 Å². The fourth-order valence-corrected chi connectivity index (χ4v) is 3.46. The summed E-state index contributed by atoms with van der Waals surface area (Å²) in [6.07, 6.45) is 1.16. The molecule has 2 N–H and O–H groups in total. The van der Waals surface area contributed by atoms with Gasteiger partial charge in [0.1, 0.15) is 5.82 Å². The predicted molar refractivity (Wildman–Crippen MR) is 108 cm³/mol. The van der Waals surface area contributed by atoms with E-state index in [1.54, 1.807) is 22.9 Å². The monoisotopic (exact) mass is 392 g/mol. The van der Waals surface area contributed by atoms with Gasteiger partial charge in [-0.25, -0.2) is 9.07 Å². The van der Waals surface area contributed by atoms with Crippen LogP contribution in [0.5, 0.6) is 0 Å². The van der Waals surface area contributed by atoms with Gasteiger partial charge in [-0.15, -0.1) is 0 Å². The molecule has 2 amide bonds. The van der Waals surface area contributed by atoms with E-state index >= 15 is 0 Å². The van der Waals surface area contributed by atoms with Gasteiger partial charge in [0.15, 0.2) is 5.69 Å². The third-order valence-electron chi connectivity index (χ3n) is 5.06. The third kappa shape index (κ3) is 3.89. The molecule has 0 radical (unpaired) electrons. The first kappa shape index (κ1) is 18.9. The molecule has 7 heteroatoms. The second-order valence-electron chi connectivity index (χ2n) is 7.22. The number of aromatic nitrogens is 2. The molecule has 2 heterocycles. The number of benzene rings is 2. The molecule has 0 fully saturated rings. The van der Waals surface area contributed by atoms with Crippen molar-refractivity contribution in [2.75, 3.05) is 5.32 Å². The SMILES string of the molecule is Cc1cc(C(=O)NC(C)c2ccc3c(c2)CCC(=O)N3)nn1-c1ccc(F)cc1. The molecule has 4 rings (SSSR count). The Hall–Kier alpha value is -3.48. The highest BCUT2D eigenvalue weighted by Crippen LogP contribution is 2.26. The smallest absolute Gasteiger partial charge is 0.272 e. The lowest BCUT2D eigenvalue weighted by Crippen LogP contribution is -2.27. The number of rotatable bonds is 4. The van der Waals surface area contributed by atoms with E-state index in [0.29, 0.717) is 24.2 Å². The van der Waals surface area contributed by atoms with Crippen molar-refractivity contribution >= 4 is 17.5 Å². The number of hydrogen-bond donors (Lipinski definition) is 2. The van der Waals surface area contributed by atoms with Crippen LogP contribution in [-0.4, -0.2) is 21.6 Å². The van der Waals surface area contributed by atoms with Crippen molar-refractivity contribution in [1.29, 1.82) is 0 Å². The molecular weight excluding hydrogens is 371 g/mol. The van der Waals surface area contributed by atoms with Crippen LogP contribution < -0.4 is 10.6 Å². The van der Waals surface area contributed by atoms with E-state index in [0.717, 1.165) is 22.5 Å². The van der Waals surface area contributed by atoms with Crippen molar-refractivity contribution in [3.05, 3.63) is 76.9 Å². The van der Waals surface area contributed by atoms with Gasteiger partial charge in [0, 0.05) is 17.8 Å². The lowest BCUT2D eigenvalue weighted by molar-refractivity contribution is -0.116. The maximum atomic E-state index is 13.2. The highest BCUT2D eigenvalue weighted by atomic mass is 19.1. The molecule has 6 nitrogen and oxygen atoms in total. The van der Waals surface area contributed by atoms with Gasteiger partial charge in [0.25, 0.3) is 5.91 Å². The maximum absolute atomic E-state index is 13.2. The number of halogens is 1. The molecule has 1 aromatic heterocycles. The predicted octanol–water partition coefficient (Wildman–Crippen LogP) is 3.70. The summed E-state index contributed by atoms with van der Waals surface area (Å²) < 4.78 is 14.8. The van der Waals surface area contributed by atoms with Crippen LogP contribution in [0.3, 0.4) is 0 Å². The van der Waals surface area contributed by atoms with Gasteiger partial charge >= 0.3 is 0 Å². The number of nitrogens with one attached hydrogen (secondary N) is 2. The van der Waals surface area contributed by atoms with E-state index in [2.05, 4.69) is 15.7 Å². The maximum Gasteiger partial charge on any atom is 0.272 e. The first-order valence-electron chi connectivity index (χ1n) is 9.47. The number of carbonyl (C=O) groups excluding carboxylic acids is 2. The Morgan fingerprint density at radius 1 is 1.17 bits per heavy atom. The fraction of sp³-hybridized carbons (Fsp3) is 0.227. The van der Waals surface area contributed by atoms with Gasteiger partial charge in [-0.2, -0.15) is 5.10 Å². The summed E-state index contributed by atoms with van der Waals surface area (Å²) in [5, 5.41) is 10.2. The molecule has 2 aromatic carbocycles. The van der Waals surface area contributed by atoms with Crippen molar-refractivity contribution in [2.24, 2.45) is 0 Å². The summed E-state index contributed by atoms with van der Waals surface area (Å²) in [5.41, 5.74) is 4.62. The fourth-order valence-electron chi connectivity index (χ4n) is 3.46. The largest absolute Gasteiger partial charge is 0.344 e. The molecule has 148 valence electrons. The normalized spacial score (nSPS) is 14.1. The molecule has 1 atom stereocenters. The molecule has 29 heavy (non-hydrogen) atoms. The van der Waals surface area contributed by atoms with Crippen LogP contribution in [0, 0.1) is 12.7 Å². The van der Waals surface area contributed by atoms with Gasteiger partial charge in [-0.05, 0) is 67.8 Å². The summed E-state index contributed by atoms with van der Waals surface area (Å²) in [6, 6.07) is 13.2. The van der Waals surface area contributed by atoms with Gasteiger partial charge in [-0.3, -0.25) is 9.59 Å². The standard InChI is InChI=1S/C22H21FN4O2/c1-13-11-20(26-27(13)18-7-5-17(23)6-8-18)22(29)24-14(2)15-3-9-19-16(12-15)4-10-21(28)25-19/h3,5-9,11-12,14H,4,10H2,1-2H3,(H,24,29)(H,25,28). The highest BCUT2D eigenvalue weighted by molar-refractivity contribution is 5.94. The van der Waals surface area contributed by atoms with Crippen LogP contribution in [0.1, 0.15) is 46.7 Å². The minimum absolute atomic E-state index is 0.0266. The minimum Gasteiger partial charge on any atom is -0.344 e. The Morgan fingerprint density at radius 3 is 2.69 bits per heavy atom. The molecule has 0 saturated carbocycles. The van der Waals surface area contributed by atoms with Gasteiger partial charge in [0.2, 0.25) is 5.91 Å². The zero-order valence-corrected chi connectivity index (χ0v) is 16.2. The molecule has 0 aliphatic carbocycles. The van der Waals surface area contributed by atoms with Crippen molar-refractivity contribution in [1.82, 2.24) is 15.1 Å². The second kappa shape index (κ2) is 7.50. The Morgan fingerprint density at radius 2 is 1.93 bits per heavy atom. The van der Waals surface area contributed by atoms with E-state index in [1.165, 1.54) is 12.1 Å². The van der Waals surface area contributed by atoms with Crippen LogP contribution in [-0.2, 0) is 11.2 Å². The zero-order chi connectivity index (χ0) is 20.5. The molecule has 3 aromatic rings. The number of hydrogen-bond acceptors (Lipinski definition) is 3. The number of carbonyl (C=O) groups is 2. The van der Waals surface area contributed by atoms with Crippen molar-refractivity contribution < 1.29 is 14.0 Å². The van der Waals surface area contributed by atoms with Gasteiger partial charge < -0.3 is 10.6 Å². The molecule has 0 spiro atoms. The van der Waals surface area contributed by atoms with Crippen LogP contribution in [0.25, 0.3) is 5.69 Å². The van der Waals surface area contributed by atoms with Gasteiger partial charge in [0.05, 0.1) is 11.7 Å². The lowest BCUT2D eigenvalue weighted by Gasteiger charge is -2.20. The second-order valence-corrected chi connectivity index (χ2v) is 7.22. The summed E-state index contributed by atoms with van der Waals surface area (Å²) in [4.78, 5) is 24.2. The minimum atomic E-state index is -0.324. The third-order valence-corrected chi connectivity index (χ3v) is 5.06. The molecule has 1 aliphatic rings. The summed E-state index contributed by atoms with van der Waals surface area (Å²) >= 11 is 0. The van der Waals surface area contributed by atoms with Crippen molar-refractivity contribution in [2.45, 2.75) is 32.7 Å². The van der Waals surface area contributed by atoms with Crippen molar-refractivity contribution in [3.63, 3.8) is 0 Å². The Kier molecular flexibility index (Phi) is 4.88. The average molecular weight is 392 g/mol. The summed E-state index contributed by atoms with van der Waals surface area (Å²) in [6.45, 7) is 3.75. The highest BCUT2D eigenvalue weighted by Gasteiger charge is 2.19. The van der Waals surface area contributed by atoms with Crippen LogP contribution in [0.4, 0.5) is 10.1 Å².